The van der Waals surface area contributed by atoms with Gasteiger partial charge in [-0.3, -0.25) is 14.4 Å². The average Bonchev–Trinajstić information content (AvgIpc) is 2.98. The molecule has 1 rings (SSSR count). The molecule has 12 nitrogen and oxygen atoms in total. The molecular weight excluding hydrogens is 606 g/mol. The molecule has 47 heavy (non-hydrogen) atoms. The Morgan fingerprint density at radius 3 is 0.894 bits per heavy atom. The second-order valence-corrected chi connectivity index (χ2v) is 14.5. The van der Waals surface area contributed by atoms with E-state index in [0.717, 1.165) is 0 Å². The molecule has 1 saturated heterocycles. The van der Waals surface area contributed by atoms with Gasteiger partial charge in [-0.2, -0.15) is 0 Å². The smallest absolute Gasteiger partial charge is 0.329 e. The van der Waals surface area contributed by atoms with Crippen molar-refractivity contribution in [1.82, 2.24) is 14.7 Å². The highest BCUT2D eigenvalue weighted by Gasteiger charge is 2.45. The quantitative estimate of drug-likeness (QED) is 0.278. The van der Waals surface area contributed by atoms with E-state index in [1.165, 1.54) is 35.8 Å². The first-order chi connectivity index (χ1) is 21.6. The molecule has 1 fully saturated rings. The molecule has 1 aliphatic rings. The van der Waals surface area contributed by atoms with Crippen molar-refractivity contribution >= 4 is 35.6 Å². The summed E-state index contributed by atoms with van der Waals surface area (Å²) in [6, 6.07) is -3.31. The van der Waals surface area contributed by atoms with Crippen molar-refractivity contribution in [3.05, 3.63) is 0 Å². The average molecular weight is 668 g/mol. The number of nitrogens with zero attached hydrogens (tertiary/aromatic N) is 3. The highest BCUT2D eigenvalue weighted by molar-refractivity contribution is 5.94. The summed E-state index contributed by atoms with van der Waals surface area (Å²) in [5.41, 5.74) is 0. The lowest BCUT2D eigenvalue weighted by atomic mass is 9.94. The van der Waals surface area contributed by atoms with Gasteiger partial charge in [0.2, 0.25) is 0 Å². The molecule has 12 heteroatoms. The third-order valence-electron chi connectivity index (χ3n) is 9.29. The van der Waals surface area contributed by atoms with Gasteiger partial charge in [0.05, 0.1) is 0 Å². The van der Waals surface area contributed by atoms with Crippen LogP contribution in [0.2, 0.25) is 0 Å². The normalized spacial score (nSPS) is 28.0. The summed E-state index contributed by atoms with van der Waals surface area (Å²) in [5.74, 6) is -6.82. The molecular formula is C35H61N3O9. The molecule has 0 aliphatic carbocycles. The standard InChI is InChI=1S/C35H61N3O9/c1-16-22(11)25-34(43)46-27(19(5)6)30(39)36(13)24(18(3)4)33(42)45-28(20(7)8)31(40)37(14)26(23(12)17-2)35(44)47-29(21(9)10)32(41)38(25)15/h18-29H,16-17H2,1-15H3/t22-,23-,24-,25-,26?,27+,28+,29+/m0/s1. The van der Waals surface area contributed by atoms with E-state index in [2.05, 4.69) is 0 Å². The van der Waals surface area contributed by atoms with Gasteiger partial charge in [-0.15, -0.1) is 0 Å². The second kappa shape index (κ2) is 17.8. The second-order valence-electron chi connectivity index (χ2n) is 14.5. The van der Waals surface area contributed by atoms with Gasteiger partial charge in [0.25, 0.3) is 17.7 Å². The van der Waals surface area contributed by atoms with Gasteiger partial charge in [-0.1, -0.05) is 95.9 Å². The lowest BCUT2D eigenvalue weighted by Gasteiger charge is -2.39. The number of ether oxygens (including phenoxy) is 3. The van der Waals surface area contributed by atoms with Crippen molar-refractivity contribution in [2.24, 2.45) is 35.5 Å². The van der Waals surface area contributed by atoms with Crippen molar-refractivity contribution in [3.8, 4) is 0 Å². The highest BCUT2D eigenvalue weighted by atomic mass is 16.6. The van der Waals surface area contributed by atoms with E-state index < -0.39 is 95.7 Å². The summed E-state index contributed by atoms with van der Waals surface area (Å²) in [5, 5.41) is 0. The molecule has 0 bridgehead atoms. The number of cyclic esters (lactones) is 3. The number of esters is 3. The largest absolute Gasteiger partial charge is 0.450 e. The lowest BCUT2D eigenvalue weighted by molar-refractivity contribution is -0.182. The summed E-state index contributed by atoms with van der Waals surface area (Å²) in [6.45, 7) is 21.1. The summed E-state index contributed by atoms with van der Waals surface area (Å²) in [7, 11) is 4.36. The van der Waals surface area contributed by atoms with Crippen LogP contribution in [0, 0.1) is 35.5 Å². The molecule has 0 N–H and O–H groups in total. The first kappa shape index (κ1) is 41.8. The van der Waals surface area contributed by atoms with Crippen LogP contribution in [0.1, 0.15) is 95.9 Å². The van der Waals surface area contributed by atoms with Crippen LogP contribution in [-0.2, 0) is 43.0 Å². The fourth-order valence-corrected chi connectivity index (χ4v) is 5.88. The SMILES string of the molecule is CC[C@H](C)C1C(=O)O[C@H](C(C)C)C(=O)N(C)[C@@H]([C@@H](C)CC)C(=O)O[C@H](C(C)C)C(=O)N(C)[C@@H](C(C)C)C(=O)O[C@H](C(C)C)C(=O)N1C. The zero-order valence-electron chi connectivity index (χ0n) is 31.4. The molecule has 1 unspecified atom stereocenters. The highest BCUT2D eigenvalue weighted by Crippen LogP contribution is 2.26. The monoisotopic (exact) mass is 667 g/mol. The molecule has 0 aromatic carbocycles. The Kier molecular flexibility index (Phi) is 15.9. The van der Waals surface area contributed by atoms with Gasteiger partial charge in [-0.05, 0) is 35.5 Å². The number of amides is 3. The van der Waals surface area contributed by atoms with Crippen molar-refractivity contribution in [3.63, 3.8) is 0 Å². The minimum Gasteiger partial charge on any atom is -0.450 e. The third-order valence-corrected chi connectivity index (χ3v) is 9.29. The Bertz CT molecular complexity index is 1110. The Balaban J connectivity index is 4.00. The molecule has 0 aromatic heterocycles. The molecule has 0 saturated carbocycles. The summed E-state index contributed by atoms with van der Waals surface area (Å²) in [6.07, 6.45) is -2.82. The maximum atomic E-state index is 14.0. The van der Waals surface area contributed by atoms with Crippen LogP contribution in [0.15, 0.2) is 0 Å². The van der Waals surface area contributed by atoms with E-state index >= 15 is 0 Å². The molecule has 1 heterocycles. The summed E-state index contributed by atoms with van der Waals surface area (Å²) >= 11 is 0. The maximum absolute atomic E-state index is 14.0. The van der Waals surface area contributed by atoms with Crippen molar-refractivity contribution in [2.75, 3.05) is 21.1 Å². The molecule has 0 radical (unpaired) electrons. The van der Waals surface area contributed by atoms with Gasteiger partial charge in [-0.25, -0.2) is 14.4 Å². The Morgan fingerprint density at radius 1 is 0.447 bits per heavy atom. The van der Waals surface area contributed by atoms with Crippen LogP contribution >= 0.6 is 0 Å². The van der Waals surface area contributed by atoms with Crippen LogP contribution in [0.25, 0.3) is 0 Å². The zero-order valence-corrected chi connectivity index (χ0v) is 31.4. The third kappa shape index (κ3) is 9.92. The first-order valence-corrected chi connectivity index (χ1v) is 17.1. The van der Waals surface area contributed by atoms with E-state index in [-0.39, 0.29) is 11.8 Å². The van der Waals surface area contributed by atoms with E-state index in [1.54, 1.807) is 69.2 Å². The van der Waals surface area contributed by atoms with Crippen molar-refractivity contribution in [2.45, 2.75) is 132 Å². The fourth-order valence-electron chi connectivity index (χ4n) is 5.88. The number of rotatable bonds is 8. The Morgan fingerprint density at radius 2 is 0.681 bits per heavy atom. The number of carbonyl (C=O) groups is 6. The van der Waals surface area contributed by atoms with Crippen LogP contribution < -0.4 is 0 Å². The molecule has 270 valence electrons. The summed E-state index contributed by atoms with van der Waals surface area (Å²) in [4.78, 5) is 87.3. The molecule has 0 spiro atoms. The Labute approximate surface area is 282 Å². The summed E-state index contributed by atoms with van der Waals surface area (Å²) < 4.78 is 17.6. The number of hydrogen-bond donors (Lipinski definition) is 0. The van der Waals surface area contributed by atoms with E-state index in [0.29, 0.717) is 12.8 Å². The first-order valence-electron chi connectivity index (χ1n) is 17.1. The molecule has 0 aromatic rings. The molecule has 8 atom stereocenters. The number of likely N-dealkylation sites (N-methyl/N-ethyl adjacent to an activating group) is 3. The number of hydrogen-bond acceptors (Lipinski definition) is 9. The molecule has 3 amide bonds. The van der Waals surface area contributed by atoms with Gasteiger partial charge >= 0.3 is 17.9 Å². The topological polar surface area (TPSA) is 140 Å². The minimum atomic E-state index is -1.28. The molecule has 1 aliphatic heterocycles. The van der Waals surface area contributed by atoms with Crippen molar-refractivity contribution < 1.29 is 43.0 Å². The van der Waals surface area contributed by atoms with Gasteiger partial charge in [0.1, 0.15) is 18.1 Å². The van der Waals surface area contributed by atoms with Crippen LogP contribution in [0.5, 0.6) is 0 Å². The zero-order chi connectivity index (χ0) is 36.7. The van der Waals surface area contributed by atoms with Gasteiger partial charge in [0.15, 0.2) is 18.3 Å². The minimum absolute atomic E-state index is 0.380. The Hall–Kier alpha value is -3.18. The maximum Gasteiger partial charge on any atom is 0.329 e. The van der Waals surface area contributed by atoms with Gasteiger partial charge < -0.3 is 28.9 Å². The van der Waals surface area contributed by atoms with Crippen molar-refractivity contribution in [1.29, 1.82) is 0 Å². The van der Waals surface area contributed by atoms with Crippen LogP contribution in [0.4, 0.5) is 0 Å². The number of carbonyl (C=O) groups excluding carboxylic acids is 6. The van der Waals surface area contributed by atoms with E-state index in [4.69, 9.17) is 14.2 Å². The van der Waals surface area contributed by atoms with E-state index in [9.17, 15) is 28.8 Å². The lowest BCUT2D eigenvalue weighted by Crippen LogP contribution is -2.58. The van der Waals surface area contributed by atoms with Crippen LogP contribution in [0.3, 0.4) is 0 Å². The predicted molar refractivity (Wildman–Crippen MR) is 178 cm³/mol. The fraction of sp³-hybridized carbons (Fsp3) is 0.829. The predicted octanol–water partition coefficient (Wildman–Crippen LogP) is 3.93. The van der Waals surface area contributed by atoms with Gasteiger partial charge in [0, 0.05) is 21.1 Å². The van der Waals surface area contributed by atoms with E-state index in [1.807, 2.05) is 13.8 Å². The van der Waals surface area contributed by atoms with Crippen LogP contribution in [-0.4, -0.2) is 108 Å².